The predicted octanol–water partition coefficient (Wildman–Crippen LogP) is 4.66. The van der Waals surface area contributed by atoms with Gasteiger partial charge in [-0.25, -0.2) is 4.98 Å². The van der Waals surface area contributed by atoms with E-state index >= 15 is 0 Å². The summed E-state index contributed by atoms with van der Waals surface area (Å²) in [6, 6.07) is 17.2. The number of phenolic OH excluding ortho intramolecular Hbond substituents is 1. The number of aromatic hydroxyl groups is 1. The van der Waals surface area contributed by atoms with Crippen molar-refractivity contribution in [3.8, 4) is 17.2 Å². The van der Waals surface area contributed by atoms with Crippen LogP contribution in [0.25, 0.3) is 33.3 Å². The lowest BCUT2D eigenvalue weighted by Crippen LogP contribution is -1.85. The fraction of sp³-hybridized carbons (Fsp3) is 0.0556. The maximum absolute atomic E-state index is 9.57. The number of aromatic nitrogens is 1. The first-order chi connectivity index (χ1) is 10.2. The van der Waals surface area contributed by atoms with Crippen LogP contribution in [0.2, 0.25) is 0 Å². The van der Waals surface area contributed by atoms with E-state index in [4.69, 9.17) is 4.42 Å². The summed E-state index contributed by atoms with van der Waals surface area (Å²) < 4.78 is 5.89. The summed E-state index contributed by atoms with van der Waals surface area (Å²) in [4.78, 5) is 4.67. The molecule has 4 aromatic rings. The van der Waals surface area contributed by atoms with Gasteiger partial charge in [-0.05, 0) is 31.2 Å². The number of hydrogen-bond acceptors (Lipinski definition) is 3. The summed E-state index contributed by atoms with van der Waals surface area (Å²) in [7, 11) is 0. The van der Waals surface area contributed by atoms with E-state index in [-0.39, 0.29) is 5.75 Å². The maximum Gasteiger partial charge on any atom is 0.156 e. The minimum atomic E-state index is 0.203. The van der Waals surface area contributed by atoms with Gasteiger partial charge >= 0.3 is 0 Å². The molecule has 0 saturated carbocycles. The Morgan fingerprint density at radius 1 is 1.00 bits per heavy atom. The van der Waals surface area contributed by atoms with E-state index in [9.17, 15) is 5.11 Å². The summed E-state index contributed by atoms with van der Waals surface area (Å²) in [5, 5.41) is 11.7. The molecular weight excluding hydrogens is 262 g/mol. The van der Waals surface area contributed by atoms with Crippen LogP contribution in [0.3, 0.4) is 0 Å². The van der Waals surface area contributed by atoms with Crippen LogP contribution in [0.15, 0.2) is 59.0 Å². The topological polar surface area (TPSA) is 46.3 Å². The molecular formula is C18H13NO2. The molecule has 1 N–H and O–H groups in total. The maximum atomic E-state index is 9.57. The number of para-hydroxylation sites is 1. The van der Waals surface area contributed by atoms with Gasteiger partial charge in [-0.15, -0.1) is 0 Å². The Morgan fingerprint density at radius 3 is 2.76 bits per heavy atom. The molecule has 0 amide bonds. The molecule has 2 aromatic heterocycles. The third kappa shape index (κ3) is 1.86. The molecule has 0 unspecified atom stereocenters. The summed E-state index contributed by atoms with van der Waals surface area (Å²) in [6.45, 7) is 2.01. The highest BCUT2D eigenvalue weighted by Gasteiger charge is 2.14. The minimum absolute atomic E-state index is 0.203. The van der Waals surface area contributed by atoms with Gasteiger partial charge in [0.25, 0.3) is 0 Å². The van der Waals surface area contributed by atoms with Crippen LogP contribution in [0, 0.1) is 6.92 Å². The van der Waals surface area contributed by atoms with Gasteiger partial charge < -0.3 is 9.52 Å². The molecule has 2 heterocycles. The van der Waals surface area contributed by atoms with Gasteiger partial charge in [0.2, 0.25) is 0 Å². The zero-order valence-electron chi connectivity index (χ0n) is 11.5. The van der Waals surface area contributed by atoms with Crippen LogP contribution in [0.1, 0.15) is 5.56 Å². The smallest absolute Gasteiger partial charge is 0.156 e. The van der Waals surface area contributed by atoms with Crippen molar-refractivity contribution in [1.82, 2.24) is 4.98 Å². The number of furan rings is 1. The SMILES string of the molecule is Cc1c(-c2ccc3ccccc3n2)oc2cc(O)ccc12. The van der Waals surface area contributed by atoms with Crippen molar-refractivity contribution in [1.29, 1.82) is 0 Å². The predicted molar refractivity (Wildman–Crippen MR) is 83.4 cm³/mol. The lowest BCUT2D eigenvalue weighted by Gasteiger charge is -2.01. The van der Waals surface area contributed by atoms with E-state index in [1.165, 1.54) is 0 Å². The molecule has 0 saturated heterocycles. The Bertz CT molecular complexity index is 969. The van der Waals surface area contributed by atoms with Crippen molar-refractivity contribution in [3.05, 3.63) is 60.2 Å². The second kappa shape index (κ2) is 4.35. The number of phenols is 1. The molecule has 0 fully saturated rings. The van der Waals surface area contributed by atoms with Crippen molar-refractivity contribution in [2.24, 2.45) is 0 Å². The Kier molecular flexibility index (Phi) is 2.48. The van der Waals surface area contributed by atoms with Gasteiger partial charge in [-0.2, -0.15) is 0 Å². The Morgan fingerprint density at radius 2 is 1.86 bits per heavy atom. The van der Waals surface area contributed by atoms with Crippen molar-refractivity contribution >= 4 is 21.9 Å². The van der Waals surface area contributed by atoms with Crippen molar-refractivity contribution in [2.75, 3.05) is 0 Å². The first-order valence-corrected chi connectivity index (χ1v) is 6.81. The number of nitrogens with zero attached hydrogens (tertiary/aromatic N) is 1. The second-order valence-corrected chi connectivity index (χ2v) is 5.13. The molecule has 3 nitrogen and oxygen atoms in total. The summed E-state index contributed by atoms with van der Waals surface area (Å²) in [5.74, 6) is 0.954. The fourth-order valence-electron chi connectivity index (χ4n) is 2.65. The van der Waals surface area contributed by atoms with Gasteiger partial charge in [0.1, 0.15) is 17.0 Å². The molecule has 3 heteroatoms. The highest BCUT2D eigenvalue weighted by atomic mass is 16.3. The van der Waals surface area contributed by atoms with Gasteiger partial charge in [0.05, 0.1) is 5.52 Å². The zero-order valence-corrected chi connectivity index (χ0v) is 11.5. The molecule has 0 aliphatic carbocycles. The van der Waals surface area contributed by atoms with Crippen LogP contribution in [0.5, 0.6) is 5.75 Å². The highest BCUT2D eigenvalue weighted by molar-refractivity contribution is 5.89. The number of fused-ring (bicyclic) bond motifs is 2. The van der Waals surface area contributed by atoms with Crippen LogP contribution < -0.4 is 0 Å². The number of aryl methyl sites for hydroxylation is 1. The highest BCUT2D eigenvalue weighted by Crippen LogP contribution is 2.34. The number of hydrogen-bond donors (Lipinski definition) is 1. The van der Waals surface area contributed by atoms with Crippen molar-refractivity contribution in [3.63, 3.8) is 0 Å². The molecule has 102 valence electrons. The van der Waals surface area contributed by atoms with E-state index in [1.807, 2.05) is 49.4 Å². The average Bonchev–Trinajstić information content (AvgIpc) is 2.83. The van der Waals surface area contributed by atoms with Gasteiger partial charge in [-0.1, -0.05) is 24.3 Å². The first-order valence-electron chi connectivity index (χ1n) is 6.81. The van der Waals surface area contributed by atoms with Gasteiger partial charge in [-0.3, -0.25) is 0 Å². The monoisotopic (exact) mass is 275 g/mol. The fourth-order valence-corrected chi connectivity index (χ4v) is 2.65. The lowest BCUT2D eigenvalue weighted by atomic mass is 10.1. The Balaban J connectivity index is 1.97. The van der Waals surface area contributed by atoms with E-state index in [0.717, 1.165) is 33.3 Å². The Labute approximate surface area is 121 Å². The standard InChI is InChI=1S/C18H13NO2/c1-11-14-8-7-13(20)10-17(14)21-18(11)16-9-6-12-4-2-3-5-15(12)19-16/h2-10,20H,1H3. The number of rotatable bonds is 1. The first kappa shape index (κ1) is 12.0. The Hall–Kier alpha value is -2.81. The van der Waals surface area contributed by atoms with E-state index in [0.29, 0.717) is 5.58 Å². The van der Waals surface area contributed by atoms with Crippen molar-refractivity contribution < 1.29 is 9.52 Å². The molecule has 0 radical (unpaired) electrons. The molecule has 21 heavy (non-hydrogen) atoms. The summed E-state index contributed by atoms with van der Waals surface area (Å²) in [6.07, 6.45) is 0. The molecule has 2 aromatic carbocycles. The summed E-state index contributed by atoms with van der Waals surface area (Å²) in [5.41, 5.74) is 3.46. The molecule has 0 bridgehead atoms. The molecule has 0 spiro atoms. The third-order valence-corrected chi connectivity index (χ3v) is 3.75. The number of benzene rings is 2. The number of pyridine rings is 1. The normalized spacial score (nSPS) is 11.3. The largest absolute Gasteiger partial charge is 0.508 e. The van der Waals surface area contributed by atoms with E-state index in [1.54, 1.807) is 12.1 Å². The average molecular weight is 275 g/mol. The third-order valence-electron chi connectivity index (χ3n) is 3.75. The molecule has 0 aliphatic heterocycles. The van der Waals surface area contributed by atoms with E-state index in [2.05, 4.69) is 4.98 Å². The molecule has 0 aliphatic rings. The molecule has 0 atom stereocenters. The van der Waals surface area contributed by atoms with E-state index < -0.39 is 0 Å². The quantitative estimate of drug-likeness (QED) is 0.549. The van der Waals surface area contributed by atoms with Crippen LogP contribution in [0.4, 0.5) is 0 Å². The minimum Gasteiger partial charge on any atom is -0.508 e. The second-order valence-electron chi connectivity index (χ2n) is 5.13. The molecule has 4 rings (SSSR count). The van der Waals surface area contributed by atoms with Gasteiger partial charge in [0, 0.05) is 22.4 Å². The lowest BCUT2D eigenvalue weighted by molar-refractivity contribution is 0.474. The van der Waals surface area contributed by atoms with Gasteiger partial charge in [0.15, 0.2) is 5.76 Å². The zero-order chi connectivity index (χ0) is 14.4. The summed E-state index contributed by atoms with van der Waals surface area (Å²) >= 11 is 0. The van der Waals surface area contributed by atoms with Crippen molar-refractivity contribution in [2.45, 2.75) is 6.92 Å². The van der Waals surface area contributed by atoms with Crippen LogP contribution >= 0.6 is 0 Å². The van der Waals surface area contributed by atoms with Crippen LogP contribution in [-0.2, 0) is 0 Å². The van der Waals surface area contributed by atoms with Crippen LogP contribution in [-0.4, -0.2) is 10.1 Å².